The number of hydrogen-bond donors (Lipinski definition) is 4. The maximum atomic E-state index is 12.7. The standard InChI is InChI=1S/C22H35N5O8S/c1-5-34-21(32)23-11-8-7-9-15(26-22(33)35-6-2)19(30)25-14(3)24-17(28)10-12-27-18(29)13-16(36-4)20(27)31/h15-16H,3,5-13H2,1-2,4H3,(H,23,32)(H,24,28)(H,25,30)(H,26,33). The van der Waals surface area contributed by atoms with Gasteiger partial charge in [-0.3, -0.25) is 24.1 Å². The van der Waals surface area contributed by atoms with Crippen molar-refractivity contribution in [3.63, 3.8) is 0 Å². The third kappa shape index (κ3) is 11.0. The molecule has 6 amide bonds. The highest BCUT2D eigenvalue weighted by Crippen LogP contribution is 2.23. The van der Waals surface area contributed by atoms with Crippen LogP contribution >= 0.6 is 11.8 Å². The lowest BCUT2D eigenvalue weighted by Gasteiger charge is -2.19. The zero-order chi connectivity index (χ0) is 27.1. The van der Waals surface area contributed by atoms with Gasteiger partial charge < -0.3 is 30.7 Å². The first-order valence-electron chi connectivity index (χ1n) is 11.6. The molecule has 1 rings (SSSR count). The van der Waals surface area contributed by atoms with E-state index >= 15 is 0 Å². The number of carbonyl (C=O) groups is 6. The van der Waals surface area contributed by atoms with E-state index in [-0.39, 0.29) is 56.7 Å². The summed E-state index contributed by atoms with van der Waals surface area (Å²) in [4.78, 5) is 73.2. The second kappa shape index (κ2) is 16.4. The average molecular weight is 530 g/mol. The van der Waals surface area contributed by atoms with E-state index in [2.05, 4.69) is 27.8 Å². The fourth-order valence-electron chi connectivity index (χ4n) is 3.21. The van der Waals surface area contributed by atoms with Crippen LogP contribution in [0.3, 0.4) is 0 Å². The van der Waals surface area contributed by atoms with Crippen molar-refractivity contribution >= 4 is 47.6 Å². The summed E-state index contributed by atoms with van der Waals surface area (Å²) in [6.45, 7) is 7.53. The van der Waals surface area contributed by atoms with Gasteiger partial charge in [-0.1, -0.05) is 6.58 Å². The van der Waals surface area contributed by atoms with Gasteiger partial charge in [-0.2, -0.15) is 11.8 Å². The van der Waals surface area contributed by atoms with E-state index in [4.69, 9.17) is 9.47 Å². The molecule has 2 unspecified atom stereocenters. The molecule has 1 fully saturated rings. The number of rotatable bonds is 15. The number of nitrogens with one attached hydrogen (secondary N) is 4. The molecule has 0 aromatic heterocycles. The topological polar surface area (TPSA) is 172 Å². The van der Waals surface area contributed by atoms with Crippen molar-refractivity contribution in [1.29, 1.82) is 0 Å². The molecular formula is C22H35N5O8S. The lowest BCUT2D eigenvalue weighted by molar-refractivity contribution is -0.138. The van der Waals surface area contributed by atoms with E-state index in [0.717, 1.165) is 4.90 Å². The first-order valence-corrected chi connectivity index (χ1v) is 12.9. The Kier molecular flexibility index (Phi) is 14.0. The van der Waals surface area contributed by atoms with Gasteiger partial charge in [0.2, 0.25) is 23.6 Å². The highest BCUT2D eigenvalue weighted by Gasteiger charge is 2.37. The van der Waals surface area contributed by atoms with E-state index in [1.54, 1.807) is 20.1 Å². The van der Waals surface area contributed by atoms with Crippen LogP contribution in [-0.4, -0.2) is 84.6 Å². The molecule has 0 spiro atoms. The van der Waals surface area contributed by atoms with Gasteiger partial charge in [-0.15, -0.1) is 0 Å². The number of ether oxygens (including phenoxy) is 2. The first-order chi connectivity index (χ1) is 17.1. The molecule has 1 aliphatic rings. The zero-order valence-corrected chi connectivity index (χ0v) is 21.7. The Bertz CT molecular complexity index is 837. The average Bonchev–Trinajstić information content (AvgIpc) is 3.09. The summed E-state index contributed by atoms with van der Waals surface area (Å²) in [7, 11) is 0. The summed E-state index contributed by atoms with van der Waals surface area (Å²) >= 11 is 1.28. The van der Waals surface area contributed by atoms with Crippen molar-refractivity contribution in [2.45, 2.75) is 57.2 Å². The van der Waals surface area contributed by atoms with Crippen LogP contribution in [-0.2, 0) is 28.7 Å². The second-order valence-electron chi connectivity index (χ2n) is 7.64. The maximum absolute atomic E-state index is 12.7. The Balaban J connectivity index is 2.52. The fraction of sp³-hybridized carbons (Fsp3) is 0.636. The highest BCUT2D eigenvalue weighted by molar-refractivity contribution is 8.00. The van der Waals surface area contributed by atoms with Gasteiger partial charge in [0, 0.05) is 25.9 Å². The molecule has 14 heteroatoms. The first kappa shape index (κ1) is 30.7. The van der Waals surface area contributed by atoms with E-state index < -0.39 is 35.3 Å². The number of imide groups is 1. The lowest BCUT2D eigenvalue weighted by atomic mass is 10.1. The van der Waals surface area contributed by atoms with Gasteiger partial charge in [0.1, 0.15) is 11.9 Å². The molecule has 202 valence electrons. The number of hydrogen-bond acceptors (Lipinski definition) is 9. The molecule has 13 nitrogen and oxygen atoms in total. The molecule has 1 aliphatic heterocycles. The van der Waals surface area contributed by atoms with Crippen molar-refractivity contribution in [2.75, 3.05) is 32.6 Å². The van der Waals surface area contributed by atoms with E-state index in [1.807, 2.05) is 0 Å². The Labute approximate surface area is 214 Å². The number of likely N-dealkylation sites (tertiary alicyclic amines) is 1. The maximum Gasteiger partial charge on any atom is 0.407 e. The number of unbranched alkanes of at least 4 members (excludes halogenated alkanes) is 1. The quantitative estimate of drug-likeness (QED) is 0.175. The molecule has 0 bridgehead atoms. The molecule has 36 heavy (non-hydrogen) atoms. The molecule has 2 atom stereocenters. The molecule has 0 aliphatic carbocycles. The van der Waals surface area contributed by atoms with Gasteiger partial charge in [-0.25, -0.2) is 9.59 Å². The monoisotopic (exact) mass is 529 g/mol. The lowest BCUT2D eigenvalue weighted by Crippen LogP contribution is -2.48. The van der Waals surface area contributed by atoms with E-state index in [9.17, 15) is 28.8 Å². The number of carbonyl (C=O) groups excluding carboxylic acids is 6. The Hall–Kier alpha value is -3.29. The molecule has 1 heterocycles. The van der Waals surface area contributed by atoms with Crippen LogP contribution in [0.5, 0.6) is 0 Å². The normalized spacial score (nSPS) is 15.6. The minimum atomic E-state index is -0.983. The van der Waals surface area contributed by atoms with Gasteiger partial charge >= 0.3 is 12.2 Å². The zero-order valence-electron chi connectivity index (χ0n) is 20.8. The molecule has 0 saturated carbocycles. The van der Waals surface area contributed by atoms with Gasteiger partial charge in [0.25, 0.3) is 0 Å². The number of alkyl carbamates (subject to hydrolysis) is 2. The van der Waals surface area contributed by atoms with Crippen molar-refractivity contribution in [3.8, 4) is 0 Å². The SMILES string of the molecule is C=C(NC(=O)CCN1C(=O)CC(SC)C1=O)NC(=O)C(CCCCNC(=O)OCC)NC(=O)OCC. The van der Waals surface area contributed by atoms with Crippen LogP contribution in [0.15, 0.2) is 12.4 Å². The highest BCUT2D eigenvalue weighted by atomic mass is 32.2. The van der Waals surface area contributed by atoms with Crippen molar-refractivity contribution < 1.29 is 38.2 Å². The summed E-state index contributed by atoms with van der Waals surface area (Å²) in [5.74, 6) is -1.94. The fourth-order valence-corrected chi connectivity index (χ4v) is 3.85. The number of nitrogens with zero attached hydrogens (tertiary/aromatic N) is 1. The molecule has 1 saturated heterocycles. The van der Waals surface area contributed by atoms with E-state index in [0.29, 0.717) is 19.4 Å². The van der Waals surface area contributed by atoms with Crippen molar-refractivity contribution in [1.82, 2.24) is 26.2 Å². The minimum absolute atomic E-state index is 0.0747. The third-order valence-electron chi connectivity index (χ3n) is 4.96. The molecule has 0 aromatic rings. The Morgan fingerprint density at radius 2 is 1.75 bits per heavy atom. The minimum Gasteiger partial charge on any atom is -0.450 e. The predicted molar refractivity (Wildman–Crippen MR) is 132 cm³/mol. The third-order valence-corrected chi connectivity index (χ3v) is 5.90. The number of thioether (sulfide) groups is 1. The van der Waals surface area contributed by atoms with Gasteiger partial charge in [0.15, 0.2) is 0 Å². The summed E-state index contributed by atoms with van der Waals surface area (Å²) in [5.41, 5.74) is 0. The van der Waals surface area contributed by atoms with Crippen molar-refractivity contribution in [3.05, 3.63) is 12.4 Å². The van der Waals surface area contributed by atoms with E-state index in [1.165, 1.54) is 11.8 Å². The summed E-state index contributed by atoms with van der Waals surface area (Å²) in [5, 5.41) is 9.41. The van der Waals surface area contributed by atoms with Gasteiger partial charge in [-0.05, 0) is 39.4 Å². The molecular weight excluding hydrogens is 494 g/mol. The molecule has 4 N–H and O–H groups in total. The van der Waals surface area contributed by atoms with Crippen LogP contribution in [0.25, 0.3) is 0 Å². The van der Waals surface area contributed by atoms with Crippen molar-refractivity contribution in [2.24, 2.45) is 0 Å². The summed E-state index contributed by atoms with van der Waals surface area (Å²) < 4.78 is 9.60. The van der Waals surface area contributed by atoms with Crippen LogP contribution < -0.4 is 21.3 Å². The molecule has 0 aromatic carbocycles. The van der Waals surface area contributed by atoms with Crippen LogP contribution in [0.4, 0.5) is 9.59 Å². The molecule has 0 radical (unpaired) electrons. The summed E-state index contributed by atoms with van der Waals surface area (Å²) in [6.07, 6.45) is 1.60. The largest absolute Gasteiger partial charge is 0.450 e. The summed E-state index contributed by atoms with van der Waals surface area (Å²) in [6, 6.07) is -0.983. The Morgan fingerprint density at radius 3 is 2.36 bits per heavy atom. The van der Waals surface area contributed by atoms with Crippen LogP contribution in [0.1, 0.15) is 46.0 Å². The predicted octanol–water partition coefficient (Wildman–Crippen LogP) is 0.602. The number of amides is 6. The second-order valence-corrected chi connectivity index (χ2v) is 8.68. The Morgan fingerprint density at radius 1 is 1.08 bits per heavy atom. The van der Waals surface area contributed by atoms with Crippen LogP contribution in [0, 0.1) is 0 Å². The van der Waals surface area contributed by atoms with Gasteiger partial charge in [0.05, 0.1) is 18.5 Å². The smallest absolute Gasteiger partial charge is 0.407 e. The van der Waals surface area contributed by atoms with Crippen LogP contribution in [0.2, 0.25) is 0 Å².